The van der Waals surface area contributed by atoms with Crippen LogP contribution in [0.25, 0.3) is 0 Å². The van der Waals surface area contributed by atoms with Crippen molar-refractivity contribution in [3.05, 3.63) is 31.6 Å². The number of benzene rings is 1. The predicted octanol–water partition coefficient (Wildman–Crippen LogP) is 4.09. The average molecular weight is 394 g/mol. The molecule has 0 aliphatic carbocycles. The van der Waals surface area contributed by atoms with Gasteiger partial charge in [0.1, 0.15) is 5.82 Å². The Morgan fingerprint density at radius 2 is 2.09 bits per heavy atom. The van der Waals surface area contributed by atoms with Crippen LogP contribution < -0.4 is 0 Å². The molecule has 0 heterocycles. The van der Waals surface area contributed by atoms with Crippen LogP contribution in [-0.4, -0.2) is 0 Å². The first-order valence-corrected chi connectivity index (χ1v) is 5.84. The van der Waals surface area contributed by atoms with Crippen molar-refractivity contribution in [2.75, 3.05) is 0 Å². The van der Waals surface area contributed by atoms with Crippen molar-refractivity contribution in [2.45, 2.75) is 5.33 Å². The SMILES string of the molecule is Fc1cc(Br)c(I)c(CBr)c1. The minimum Gasteiger partial charge on any atom is -0.207 e. The number of hydrogen-bond donors (Lipinski definition) is 0. The summed E-state index contributed by atoms with van der Waals surface area (Å²) in [6.45, 7) is 0. The molecule has 0 unspecified atom stereocenters. The van der Waals surface area contributed by atoms with Crippen LogP contribution in [0.1, 0.15) is 5.56 Å². The highest BCUT2D eigenvalue weighted by Crippen LogP contribution is 2.25. The van der Waals surface area contributed by atoms with Gasteiger partial charge in [-0.3, -0.25) is 0 Å². The lowest BCUT2D eigenvalue weighted by Gasteiger charge is -2.02. The maximum atomic E-state index is 12.7. The number of alkyl halides is 1. The molecule has 0 radical (unpaired) electrons. The fourth-order valence-electron chi connectivity index (χ4n) is 0.707. The van der Waals surface area contributed by atoms with E-state index < -0.39 is 0 Å². The van der Waals surface area contributed by atoms with Gasteiger partial charge in [0.15, 0.2) is 0 Å². The van der Waals surface area contributed by atoms with Crippen LogP contribution in [0.3, 0.4) is 0 Å². The van der Waals surface area contributed by atoms with Gasteiger partial charge in [0.2, 0.25) is 0 Å². The molecule has 0 saturated heterocycles. The molecule has 1 aromatic carbocycles. The molecule has 0 bridgehead atoms. The van der Waals surface area contributed by atoms with Crippen LogP contribution >= 0.6 is 54.5 Å². The molecule has 0 amide bonds. The number of halogens is 4. The Hall–Kier alpha value is 0.840. The Morgan fingerprint density at radius 3 is 2.64 bits per heavy atom. The van der Waals surface area contributed by atoms with Crippen LogP contribution in [0.5, 0.6) is 0 Å². The molecule has 0 N–H and O–H groups in total. The Morgan fingerprint density at radius 1 is 1.45 bits per heavy atom. The van der Waals surface area contributed by atoms with Gasteiger partial charge >= 0.3 is 0 Å². The Kier molecular flexibility index (Phi) is 3.77. The second-order valence-electron chi connectivity index (χ2n) is 1.99. The minimum absolute atomic E-state index is 0.202. The summed E-state index contributed by atoms with van der Waals surface area (Å²) in [7, 11) is 0. The number of rotatable bonds is 1. The highest BCUT2D eigenvalue weighted by molar-refractivity contribution is 14.1. The average Bonchev–Trinajstić information content (AvgIpc) is 1.96. The maximum absolute atomic E-state index is 12.7. The Labute approximate surface area is 95.0 Å². The van der Waals surface area contributed by atoms with E-state index in [1.807, 2.05) is 0 Å². The molecule has 1 rings (SSSR count). The van der Waals surface area contributed by atoms with Gasteiger partial charge in [0.05, 0.1) is 0 Å². The monoisotopic (exact) mass is 392 g/mol. The summed E-state index contributed by atoms with van der Waals surface area (Å²) in [5, 5.41) is 0.682. The molecule has 1 aromatic rings. The first kappa shape index (κ1) is 9.92. The highest BCUT2D eigenvalue weighted by Gasteiger charge is 2.04. The van der Waals surface area contributed by atoms with E-state index in [9.17, 15) is 4.39 Å². The van der Waals surface area contributed by atoms with Crippen molar-refractivity contribution >= 4 is 54.5 Å². The summed E-state index contributed by atoms with van der Waals surface area (Å²) in [6.07, 6.45) is 0. The summed E-state index contributed by atoms with van der Waals surface area (Å²) >= 11 is 8.73. The third-order valence-electron chi connectivity index (χ3n) is 1.21. The normalized spacial score (nSPS) is 10.2. The van der Waals surface area contributed by atoms with Gasteiger partial charge in [-0.25, -0.2) is 4.39 Å². The first-order valence-electron chi connectivity index (χ1n) is 2.84. The van der Waals surface area contributed by atoms with Gasteiger partial charge in [-0.05, 0) is 56.2 Å². The third kappa shape index (κ3) is 2.39. The largest absolute Gasteiger partial charge is 0.207 e. The van der Waals surface area contributed by atoms with E-state index >= 15 is 0 Å². The van der Waals surface area contributed by atoms with E-state index in [1.54, 1.807) is 0 Å². The standard InChI is InChI=1S/C7H4Br2FI/c8-3-4-1-5(10)2-6(9)7(4)11/h1-2H,3H2. The molecule has 4 heteroatoms. The van der Waals surface area contributed by atoms with E-state index in [0.29, 0.717) is 5.33 Å². The van der Waals surface area contributed by atoms with E-state index in [-0.39, 0.29) is 5.82 Å². The Balaban J connectivity index is 3.24. The maximum Gasteiger partial charge on any atom is 0.124 e. The second-order valence-corrected chi connectivity index (χ2v) is 4.49. The van der Waals surface area contributed by atoms with Crippen molar-refractivity contribution < 1.29 is 4.39 Å². The van der Waals surface area contributed by atoms with Crippen molar-refractivity contribution in [2.24, 2.45) is 0 Å². The molecule has 0 nitrogen and oxygen atoms in total. The van der Waals surface area contributed by atoms with Gasteiger partial charge in [-0.1, -0.05) is 15.9 Å². The molecule has 60 valence electrons. The molecule has 0 aliphatic rings. The molecule has 0 aliphatic heterocycles. The highest BCUT2D eigenvalue weighted by atomic mass is 127. The molecule has 0 atom stereocenters. The van der Waals surface area contributed by atoms with Gasteiger partial charge in [0, 0.05) is 13.4 Å². The lowest BCUT2D eigenvalue weighted by molar-refractivity contribution is 0.625. The molecule has 0 aromatic heterocycles. The molecular formula is C7H4Br2FI. The van der Waals surface area contributed by atoms with Gasteiger partial charge in [-0.2, -0.15) is 0 Å². The zero-order valence-corrected chi connectivity index (χ0v) is 10.7. The zero-order chi connectivity index (χ0) is 8.43. The van der Waals surface area contributed by atoms with Gasteiger partial charge in [-0.15, -0.1) is 0 Å². The first-order chi connectivity index (χ1) is 5.15. The smallest absolute Gasteiger partial charge is 0.124 e. The van der Waals surface area contributed by atoms with Gasteiger partial charge in [0.25, 0.3) is 0 Å². The fourth-order valence-corrected chi connectivity index (χ4v) is 2.65. The predicted molar refractivity (Wildman–Crippen MR) is 59.4 cm³/mol. The molecule has 0 saturated carbocycles. The minimum atomic E-state index is -0.202. The van der Waals surface area contributed by atoms with Crippen LogP contribution in [0.4, 0.5) is 4.39 Å². The number of hydrogen-bond acceptors (Lipinski definition) is 0. The van der Waals surface area contributed by atoms with Crippen molar-refractivity contribution in [3.63, 3.8) is 0 Å². The molecular weight excluding hydrogens is 390 g/mol. The van der Waals surface area contributed by atoms with Crippen molar-refractivity contribution in [1.29, 1.82) is 0 Å². The molecule has 0 spiro atoms. The van der Waals surface area contributed by atoms with Crippen LogP contribution in [0, 0.1) is 9.39 Å². The summed E-state index contributed by atoms with van der Waals surface area (Å²) < 4.78 is 14.6. The molecule has 11 heavy (non-hydrogen) atoms. The van der Waals surface area contributed by atoms with Crippen LogP contribution in [0.2, 0.25) is 0 Å². The summed E-state index contributed by atoms with van der Waals surface area (Å²) in [5.74, 6) is -0.202. The second kappa shape index (κ2) is 4.18. The Bertz CT molecular complexity index is 275. The third-order valence-corrected chi connectivity index (χ3v) is 4.46. The van der Waals surface area contributed by atoms with Gasteiger partial charge < -0.3 is 0 Å². The van der Waals surface area contributed by atoms with E-state index in [4.69, 9.17) is 0 Å². The van der Waals surface area contributed by atoms with Crippen molar-refractivity contribution in [1.82, 2.24) is 0 Å². The topological polar surface area (TPSA) is 0 Å². The van der Waals surface area contributed by atoms with E-state index in [2.05, 4.69) is 54.5 Å². The summed E-state index contributed by atoms with van der Waals surface area (Å²) in [6, 6.07) is 3.00. The lowest BCUT2D eigenvalue weighted by Crippen LogP contribution is -1.87. The zero-order valence-electron chi connectivity index (χ0n) is 5.37. The molecule has 0 fully saturated rings. The van der Waals surface area contributed by atoms with E-state index in [0.717, 1.165) is 13.6 Å². The summed E-state index contributed by atoms with van der Waals surface area (Å²) in [5.41, 5.74) is 0.970. The van der Waals surface area contributed by atoms with Crippen molar-refractivity contribution in [3.8, 4) is 0 Å². The van der Waals surface area contributed by atoms with E-state index in [1.165, 1.54) is 12.1 Å². The quantitative estimate of drug-likeness (QED) is 0.383. The lowest BCUT2D eigenvalue weighted by atomic mass is 10.2. The van der Waals surface area contributed by atoms with Crippen LogP contribution in [-0.2, 0) is 5.33 Å². The van der Waals surface area contributed by atoms with Crippen LogP contribution in [0.15, 0.2) is 16.6 Å². The summed E-state index contributed by atoms with van der Waals surface area (Å²) in [4.78, 5) is 0. The fraction of sp³-hybridized carbons (Fsp3) is 0.143.